The van der Waals surface area contributed by atoms with Crippen molar-refractivity contribution >= 4 is 11.7 Å². The summed E-state index contributed by atoms with van der Waals surface area (Å²) in [6.45, 7) is 2.00. The highest BCUT2D eigenvalue weighted by Gasteiger charge is 2.20. The predicted molar refractivity (Wildman–Crippen MR) is 77.3 cm³/mol. The average Bonchev–Trinajstić information content (AvgIpc) is 2.79. The number of hydrogen-bond acceptors (Lipinski definition) is 5. The lowest BCUT2D eigenvalue weighted by molar-refractivity contribution is 0.0461. The lowest BCUT2D eigenvalue weighted by atomic mass is 10.1. The molecule has 1 aromatic carbocycles. The van der Waals surface area contributed by atoms with Gasteiger partial charge in [0.2, 0.25) is 0 Å². The Bertz CT molecular complexity index is 713. The zero-order valence-corrected chi connectivity index (χ0v) is 12.0. The van der Waals surface area contributed by atoms with E-state index in [9.17, 15) is 4.79 Å². The molecule has 0 radical (unpaired) electrons. The van der Waals surface area contributed by atoms with Crippen molar-refractivity contribution < 1.29 is 9.53 Å². The van der Waals surface area contributed by atoms with Crippen LogP contribution in [0, 0.1) is 11.3 Å². The van der Waals surface area contributed by atoms with Gasteiger partial charge in [-0.25, -0.2) is 4.79 Å². The van der Waals surface area contributed by atoms with E-state index in [1.165, 1.54) is 4.68 Å². The van der Waals surface area contributed by atoms with Crippen LogP contribution in [0.3, 0.4) is 0 Å². The summed E-state index contributed by atoms with van der Waals surface area (Å²) in [6, 6.07) is 8.95. The highest BCUT2D eigenvalue weighted by molar-refractivity contribution is 5.93. The maximum Gasteiger partial charge on any atom is 0.359 e. The van der Waals surface area contributed by atoms with E-state index in [1.54, 1.807) is 31.3 Å². The van der Waals surface area contributed by atoms with E-state index in [4.69, 9.17) is 15.7 Å². The summed E-state index contributed by atoms with van der Waals surface area (Å²) in [4.78, 5) is 12.1. The normalized spacial score (nSPS) is 10.1. The number of aryl methyl sites for hydroxylation is 2. The molecule has 21 heavy (non-hydrogen) atoms. The molecule has 2 N–H and O–H groups in total. The van der Waals surface area contributed by atoms with E-state index >= 15 is 0 Å². The van der Waals surface area contributed by atoms with E-state index in [1.807, 2.05) is 13.0 Å². The molecule has 2 rings (SSSR count). The Balaban J connectivity index is 2.12. The van der Waals surface area contributed by atoms with Gasteiger partial charge in [0.1, 0.15) is 6.61 Å². The van der Waals surface area contributed by atoms with Crippen molar-refractivity contribution in [2.24, 2.45) is 7.05 Å². The largest absolute Gasteiger partial charge is 0.456 e. The third-order valence-corrected chi connectivity index (χ3v) is 3.11. The first-order valence-corrected chi connectivity index (χ1v) is 6.54. The van der Waals surface area contributed by atoms with Gasteiger partial charge in [-0.3, -0.25) is 4.68 Å². The number of nitrogen functional groups attached to an aromatic ring is 1. The van der Waals surface area contributed by atoms with Crippen LogP contribution in [0.15, 0.2) is 24.3 Å². The van der Waals surface area contributed by atoms with Gasteiger partial charge in [0.05, 0.1) is 23.0 Å². The van der Waals surface area contributed by atoms with Gasteiger partial charge < -0.3 is 10.5 Å². The van der Waals surface area contributed by atoms with Gasteiger partial charge in [-0.1, -0.05) is 19.1 Å². The molecule has 108 valence electrons. The van der Waals surface area contributed by atoms with Gasteiger partial charge in [0, 0.05) is 7.05 Å². The van der Waals surface area contributed by atoms with Crippen LogP contribution in [-0.2, 0) is 24.8 Å². The van der Waals surface area contributed by atoms with Crippen LogP contribution < -0.4 is 5.73 Å². The summed E-state index contributed by atoms with van der Waals surface area (Å²) in [7, 11) is 1.66. The molecule has 0 aliphatic heterocycles. The Kier molecular flexibility index (Phi) is 4.24. The maximum absolute atomic E-state index is 12.1. The van der Waals surface area contributed by atoms with Crippen molar-refractivity contribution in [1.82, 2.24) is 9.78 Å². The molecular weight excluding hydrogens is 268 g/mol. The summed E-state index contributed by atoms with van der Waals surface area (Å²) < 4.78 is 6.68. The molecule has 1 aromatic heterocycles. The van der Waals surface area contributed by atoms with Crippen molar-refractivity contribution in [1.29, 1.82) is 5.26 Å². The van der Waals surface area contributed by atoms with Gasteiger partial charge in [-0.05, 0) is 24.1 Å². The van der Waals surface area contributed by atoms with Crippen LogP contribution in [0.5, 0.6) is 0 Å². The monoisotopic (exact) mass is 284 g/mol. The minimum atomic E-state index is -0.524. The van der Waals surface area contributed by atoms with Gasteiger partial charge in [-0.2, -0.15) is 10.4 Å². The number of carbonyl (C=O) groups is 1. The topological polar surface area (TPSA) is 93.9 Å². The first-order chi connectivity index (χ1) is 10.1. The second kappa shape index (κ2) is 6.09. The minimum absolute atomic E-state index is 0.0838. The van der Waals surface area contributed by atoms with Crippen molar-refractivity contribution in [2.45, 2.75) is 20.0 Å². The van der Waals surface area contributed by atoms with Crippen LogP contribution in [0.4, 0.5) is 5.69 Å². The number of carbonyl (C=O) groups excluding carboxylic acids is 1. The average molecular weight is 284 g/mol. The fraction of sp³-hybridized carbons (Fsp3) is 0.267. The number of aromatic nitrogens is 2. The molecule has 0 amide bonds. The SMILES string of the molecule is CCc1nn(C)c(C(=O)OCc2cccc(C#N)c2)c1N. The molecule has 0 fully saturated rings. The lowest BCUT2D eigenvalue weighted by Gasteiger charge is -2.06. The smallest absolute Gasteiger partial charge is 0.359 e. The number of esters is 1. The molecule has 0 saturated carbocycles. The van der Waals surface area contributed by atoms with Crippen molar-refractivity contribution in [3.05, 3.63) is 46.8 Å². The molecular formula is C15H16N4O2. The number of benzene rings is 1. The van der Waals surface area contributed by atoms with E-state index < -0.39 is 5.97 Å². The van der Waals surface area contributed by atoms with Crippen molar-refractivity contribution in [3.63, 3.8) is 0 Å². The van der Waals surface area contributed by atoms with Crippen molar-refractivity contribution in [3.8, 4) is 6.07 Å². The lowest BCUT2D eigenvalue weighted by Crippen LogP contribution is -2.12. The molecule has 2 aromatic rings. The third-order valence-electron chi connectivity index (χ3n) is 3.11. The molecule has 6 nitrogen and oxygen atoms in total. The fourth-order valence-corrected chi connectivity index (χ4v) is 2.05. The Labute approximate surface area is 122 Å². The number of anilines is 1. The zero-order valence-electron chi connectivity index (χ0n) is 12.0. The van der Waals surface area contributed by atoms with Gasteiger partial charge in [0.15, 0.2) is 5.69 Å². The second-order valence-corrected chi connectivity index (χ2v) is 4.57. The van der Waals surface area contributed by atoms with E-state index in [2.05, 4.69) is 5.10 Å². The van der Waals surface area contributed by atoms with Crippen LogP contribution >= 0.6 is 0 Å². The zero-order chi connectivity index (χ0) is 15.4. The number of hydrogen-bond donors (Lipinski definition) is 1. The first-order valence-electron chi connectivity index (χ1n) is 6.54. The maximum atomic E-state index is 12.1. The summed E-state index contributed by atoms with van der Waals surface area (Å²) in [5.41, 5.74) is 8.46. The van der Waals surface area contributed by atoms with Gasteiger partial charge in [-0.15, -0.1) is 0 Å². The number of ether oxygens (including phenoxy) is 1. The number of nitrogens with two attached hydrogens (primary N) is 1. The molecule has 0 unspecified atom stereocenters. The number of nitrogens with zero attached hydrogens (tertiary/aromatic N) is 3. The molecule has 0 aliphatic rings. The highest BCUT2D eigenvalue weighted by atomic mass is 16.5. The minimum Gasteiger partial charge on any atom is -0.456 e. The quantitative estimate of drug-likeness (QED) is 0.864. The summed E-state index contributed by atoms with van der Waals surface area (Å²) >= 11 is 0. The predicted octanol–water partition coefficient (Wildman–Crippen LogP) is 1.79. The fourth-order valence-electron chi connectivity index (χ4n) is 2.05. The second-order valence-electron chi connectivity index (χ2n) is 4.57. The van der Waals surface area contributed by atoms with Crippen LogP contribution in [0.25, 0.3) is 0 Å². The van der Waals surface area contributed by atoms with E-state index in [0.29, 0.717) is 23.4 Å². The Morgan fingerprint density at radius 3 is 2.90 bits per heavy atom. The first kappa shape index (κ1) is 14.6. The Morgan fingerprint density at radius 1 is 1.52 bits per heavy atom. The molecule has 6 heteroatoms. The Hall–Kier alpha value is -2.81. The van der Waals surface area contributed by atoms with E-state index in [0.717, 1.165) is 5.56 Å². The molecule has 0 bridgehead atoms. The molecule has 1 heterocycles. The van der Waals surface area contributed by atoms with E-state index in [-0.39, 0.29) is 12.3 Å². The van der Waals surface area contributed by atoms with Gasteiger partial charge in [0.25, 0.3) is 0 Å². The highest BCUT2D eigenvalue weighted by Crippen LogP contribution is 2.18. The number of nitriles is 1. The van der Waals surface area contributed by atoms with Gasteiger partial charge >= 0.3 is 5.97 Å². The molecule has 0 spiro atoms. The van der Waals surface area contributed by atoms with Crippen LogP contribution in [0.2, 0.25) is 0 Å². The summed E-state index contributed by atoms with van der Waals surface area (Å²) in [5, 5.41) is 13.0. The summed E-state index contributed by atoms with van der Waals surface area (Å²) in [6.07, 6.45) is 0.650. The molecule has 0 saturated heterocycles. The summed E-state index contributed by atoms with van der Waals surface area (Å²) in [5.74, 6) is -0.524. The third kappa shape index (κ3) is 3.03. The molecule has 0 atom stereocenters. The number of rotatable bonds is 4. The van der Waals surface area contributed by atoms with Crippen molar-refractivity contribution in [2.75, 3.05) is 5.73 Å². The van der Waals surface area contributed by atoms with Crippen LogP contribution in [0.1, 0.15) is 34.2 Å². The Morgan fingerprint density at radius 2 is 2.29 bits per heavy atom. The van der Waals surface area contributed by atoms with Crippen LogP contribution in [-0.4, -0.2) is 15.7 Å². The standard InChI is InChI=1S/C15H16N4O2/c1-3-12-13(17)14(19(2)18-12)15(20)21-9-11-6-4-5-10(7-11)8-16/h4-7H,3,9,17H2,1-2H3. The molecule has 0 aliphatic carbocycles.